The van der Waals surface area contributed by atoms with Gasteiger partial charge in [-0.2, -0.15) is 4.37 Å². The predicted molar refractivity (Wildman–Crippen MR) is 106 cm³/mol. The Kier molecular flexibility index (Phi) is 3.67. The van der Waals surface area contributed by atoms with Crippen LogP contribution < -0.4 is 14.5 Å². The molecule has 1 aliphatic heterocycles. The lowest BCUT2D eigenvalue weighted by molar-refractivity contribution is 0.415. The van der Waals surface area contributed by atoms with Crippen LogP contribution in [0.4, 0.5) is 11.6 Å². The van der Waals surface area contributed by atoms with Crippen molar-refractivity contribution in [2.45, 2.75) is 0 Å². The summed E-state index contributed by atoms with van der Waals surface area (Å²) in [6.07, 6.45) is 0. The highest BCUT2D eigenvalue weighted by Gasteiger charge is 2.22. The Labute approximate surface area is 155 Å². The minimum absolute atomic E-state index is 0.893. The third kappa shape index (κ3) is 2.47. The molecule has 4 aromatic rings. The van der Waals surface area contributed by atoms with Crippen molar-refractivity contribution in [3.05, 3.63) is 48.5 Å². The van der Waals surface area contributed by atoms with Gasteiger partial charge in [-0.15, -0.1) is 0 Å². The molecule has 0 atom stereocenters. The van der Waals surface area contributed by atoms with Crippen LogP contribution in [0, 0.1) is 0 Å². The van der Waals surface area contributed by atoms with Crippen LogP contribution in [-0.2, 0) is 0 Å². The lowest BCUT2D eigenvalue weighted by Gasteiger charge is -2.36. The second-order valence-electron chi connectivity index (χ2n) is 6.37. The van der Waals surface area contributed by atoms with Crippen molar-refractivity contribution in [1.82, 2.24) is 13.8 Å². The van der Waals surface area contributed by atoms with Gasteiger partial charge in [-0.05, 0) is 36.4 Å². The molecule has 6 nitrogen and oxygen atoms in total. The SMILES string of the molecule is COc1ccc(N2CCN(c3nsc4nc5ccccc5n34)CC2)cc1. The van der Waals surface area contributed by atoms with E-state index in [-0.39, 0.29) is 0 Å². The standard InChI is InChI=1S/C19H19N5OS/c1-25-15-8-6-14(7-9-15)22-10-12-23(13-11-22)18-21-26-19-20-16-4-2-3-5-17(16)24(18)19/h2-9H,10-13H2,1H3. The molecule has 2 aromatic heterocycles. The summed E-state index contributed by atoms with van der Waals surface area (Å²) in [5, 5.41) is 0. The van der Waals surface area contributed by atoms with Gasteiger partial charge in [0.1, 0.15) is 5.75 Å². The van der Waals surface area contributed by atoms with Gasteiger partial charge in [0.05, 0.1) is 18.1 Å². The molecule has 132 valence electrons. The predicted octanol–water partition coefficient (Wildman–Crippen LogP) is 3.28. The normalized spacial score (nSPS) is 15.1. The van der Waals surface area contributed by atoms with E-state index in [1.54, 1.807) is 7.11 Å². The molecule has 1 fully saturated rings. The van der Waals surface area contributed by atoms with Crippen molar-refractivity contribution in [2.24, 2.45) is 0 Å². The first-order chi connectivity index (χ1) is 12.8. The number of ether oxygens (including phenoxy) is 1. The number of nitrogens with zero attached hydrogens (tertiary/aromatic N) is 5. The van der Waals surface area contributed by atoms with Crippen LogP contribution in [0.15, 0.2) is 48.5 Å². The van der Waals surface area contributed by atoms with E-state index in [9.17, 15) is 0 Å². The molecule has 0 N–H and O–H groups in total. The smallest absolute Gasteiger partial charge is 0.223 e. The van der Waals surface area contributed by atoms with E-state index in [1.807, 2.05) is 18.2 Å². The van der Waals surface area contributed by atoms with Crippen molar-refractivity contribution in [1.29, 1.82) is 0 Å². The third-order valence-corrected chi connectivity index (χ3v) is 5.63. The van der Waals surface area contributed by atoms with Gasteiger partial charge < -0.3 is 14.5 Å². The van der Waals surface area contributed by atoms with E-state index in [0.717, 1.165) is 53.9 Å². The molecule has 5 rings (SSSR count). The zero-order valence-electron chi connectivity index (χ0n) is 14.5. The van der Waals surface area contributed by atoms with Crippen LogP contribution in [0.3, 0.4) is 0 Å². The summed E-state index contributed by atoms with van der Waals surface area (Å²) in [6.45, 7) is 3.82. The molecule has 0 radical (unpaired) electrons. The van der Waals surface area contributed by atoms with E-state index in [1.165, 1.54) is 17.2 Å². The molecule has 1 aliphatic rings. The third-order valence-electron chi connectivity index (χ3n) is 4.94. The molecule has 3 heterocycles. The molecule has 0 aliphatic carbocycles. The number of aromatic nitrogens is 3. The Morgan fingerprint density at radius 2 is 1.65 bits per heavy atom. The summed E-state index contributed by atoms with van der Waals surface area (Å²) < 4.78 is 12.1. The first kappa shape index (κ1) is 15.5. The fourth-order valence-corrected chi connectivity index (χ4v) is 4.30. The molecule has 2 aromatic carbocycles. The van der Waals surface area contributed by atoms with Gasteiger partial charge in [0.25, 0.3) is 0 Å². The number of hydrogen-bond acceptors (Lipinski definition) is 6. The van der Waals surface area contributed by atoms with Crippen molar-refractivity contribution in [3.63, 3.8) is 0 Å². The molecule has 0 spiro atoms. The highest BCUT2D eigenvalue weighted by Crippen LogP contribution is 2.27. The number of benzene rings is 2. The molecular formula is C19H19N5OS. The number of piperazine rings is 1. The Balaban J connectivity index is 1.39. The average molecular weight is 365 g/mol. The summed E-state index contributed by atoms with van der Waals surface area (Å²) in [5.41, 5.74) is 3.39. The van der Waals surface area contributed by atoms with Crippen LogP contribution in [0.1, 0.15) is 0 Å². The largest absolute Gasteiger partial charge is 0.497 e. The number of fused-ring (bicyclic) bond motifs is 3. The van der Waals surface area contributed by atoms with Crippen LogP contribution in [0.25, 0.3) is 16.0 Å². The van der Waals surface area contributed by atoms with Crippen molar-refractivity contribution >= 4 is 39.2 Å². The molecule has 0 bridgehead atoms. The number of methoxy groups -OCH3 is 1. The highest BCUT2D eigenvalue weighted by atomic mass is 32.1. The van der Waals surface area contributed by atoms with E-state index in [2.05, 4.69) is 53.9 Å². The van der Waals surface area contributed by atoms with E-state index < -0.39 is 0 Å². The first-order valence-electron chi connectivity index (χ1n) is 8.70. The Hall–Kier alpha value is -2.80. The molecule has 0 saturated carbocycles. The van der Waals surface area contributed by atoms with Crippen LogP contribution in [0.2, 0.25) is 0 Å². The summed E-state index contributed by atoms with van der Waals surface area (Å²) >= 11 is 1.47. The average Bonchev–Trinajstić information content (AvgIpc) is 3.27. The van der Waals surface area contributed by atoms with Crippen LogP contribution in [-0.4, -0.2) is 47.0 Å². The van der Waals surface area contributed by atoms with E-state index in [0.29, 0.717) is 0 Å². The summed E-state index contributed by atoms with van der Waals surface area (Å²) in [6, 6.07) is 16.5. The second-order valence-corrected chi connectivity index (χ2v) is 7.10. The minimum Gasteiger partial charge on any atom is -0.497 e. The highest BCUT2D eigenvalue weighted by molar-refractivity contribution is 7.11. The van der Waals surface area contributed by atoms with Gasteiger partial charge in [0, 0.05) is 43.4 Å². The van der Waals surface area contributed by atoms with Crippen LogP contribution >= 0.6 is 11.5 Å². The minimum atomic E-state index is 0.893. The van der Waals surface area contributed by atoms with Gasteiger partial charge in [-0.1, -0.05) is 12.1 Å². The molecule has 26 heavy (non-hydrogen) atoms. The van der Waals surface area contributed by atoms with Crippen molar-refractivity contribution in [2.75, 3.05) is 43.1 Å². The van der Waals surface area contributed by atoms with Gasteiger partial charge in [0.15, 0.2) is 0 Å². The topological polar surface area (TPSA) is 45.9 Å². The maximum absolute atomic E-state index is 5.25. The number of imidazole rings is 1. The molecular weight excluding hydrogens is 346 g/mol. The first-order valence-corrected chi connectivity index (χ1v) is 9.47. The fraction of sp³-hybridized carbons (Fsp3) is 0.263. The van der Waals surface area contributed by atoms with Gasteiger partial charge in [-0.25, -0.2) is 4.98 Å². The Bertz CT molecular complexity index is 1050. The van der Waals surface area contributed by atoms with Crippen molar-refractivity contribution < 1.29 is 4.74 Å². The van der Waals surface area contributed by atoms with Gasteiger partial charge in [-0.3, -0.25) is 4.40 Å². The molecule has 1 saturated heterocycles. The maximum Gasteiger partial charge on any atom is 0.223 e. The maximum atomic E-state index is 5.25. The Morgan fingerprint density at radius 3 is 2.42 bits per heavy atom. The zero-order valence-corrected chi connectivity index (χ0v) is 15.3. The molecule has 0 amide bonds. The quantitative estimate of drug-likeness (QED) is 0.558. The summed E-state index contributed by atoms with van der Waals surface area (Å²) in [7, 11) is 1.70. The zero-order chi connectivity index (χ0) is 17.5. The fourth-order valence-electron chi connectivity index (χ4n) is 3.54. The van der Waals surface area contributed by atoms with E-state index >= 15 is 0 Å². The summed E-state index contributed by atoms with van der Waals surface area (Å²) in [5.74, 6) is 1.90. The lowest BCUT2D eigenvalue weighted by Crippen LogP contribution is -2.47. The van der Waals surface area contributed by atoms with Gasteiger partial charge >= 0.3 is 0 Å². The lowest BCUT2D eigenvalue weighted by atomic mass is 10.2. The van der Waals surface area contributed by atoms with Crippen molar-refractivity contribution in [3.8, 4) is 5.75 Å². The molecule has 7 heteroatoms. The number of para-hydroxylation sites is 2. The second kappa shape index (κ2) is 6.17. The van der Waals surface area contributed by atoms with Gasteiger partial charge in [0.2, 0.25) is 10.9 Å². The number of hydrogen-bond donors (Lipinski definition) is 0. The number of anilines is 2. The molecule has 0 unspecified atom stereocenters. The number of rotatable bonds is 3. The monoisotopic (exact) mass is 365 g/mol. The Morgan fingerprint density at radius 1 is 0.923 bits per heavy atom. The van der Waals surface area contributed by atoms with E-state index in [4.69, 9.17) is 4.74 Å². The van der Waals surface area contributed by atoms with Crippen LogP contribution in [0.5, 0.6) is 5.75 Å². The summed E-state index contributed by atoms with van der Waals surface area (Å²) in [4.78, 5) is 10.4.